The van der Waals surface area contributed by atoms with Gasteiger partial charge in [-0.1, -0.05) is 12.1 Å². The Morgan fingerprint density at radius 3 is 2.33 bits per heavy atom. The molecular weight excluding hydrogens is 278 g/mol. The van der Waals surface area contributed by atoms with Crippen molar-refractivity contribution < 1.29 is 14.6 Å². The van der Waals surface area contributed by atoms with Crippen molar-refractivity contribution in [3.05, 3.63) is 68.3 Å². The van der Waals surface area contributed by atoms with E-state index in [1.165, 1.54) is 24.3 Å². The zero-order chi connectivity index (χ0) is 15.4. The van der Waals surface area contributed by atoms with E-state index in [0.717, 1.165) is 12.1 Å². The second-order valence-electron chi connectivity index (χ2n) is 3.88. The summed E-state index contributed by atoms with van der Waals surface area (Å²) in [5.41, 5.74) is -0.608. The zero-order valence-electron chi connectivity index (χ0n) is 10.4. The molecule has 0 amide bonds. The van der Waals surface area contributed by atoms with Gasteiger partial charge in [0.25, 0.3) is 5.69 Å². The lowest BCUT2D eigenvalue weighted by Gasteiger charge is -2.07. The van der Waals surface area contributed by atoms with E-state index in [4.69, 9.17) is 10.00 Å². The Morgan fingerprint density at radius 1 is 1.00 bits per heavy atom. The van der Waals surface area contributed by atoms with E-state index in [2.05, 4.69) is 0 Å². The molecule has 0 fully saturated rings. The highest BCUT2D eigenvalue weighted by Crippen LogP contribution is 2.33. The standard InChI is InChI=1S/C13H7N3O5/c14-8-9-7-10(15(17)18)5-6-12(9)21-13-4-2-1-3-11(13)16(19)20/h1-7H. The van der Waals surface area contributed by atoms with Crippen molar-refractivity contribution in [1.29, 1.82) is 5.26 Å². The van der Waals surface area contributed by atoms with E-state index in [-0.39, 0.29) is 28.4 Å². The maximum Gasteiger partial charge on any atom is 0.311 e. The van der Waals surface area contributed by atoms with Crippen molar-refractivity contribution in [1.82, 2.24) is 0 Å². The Bertz CT molecular complexity index is 767. The lowest BCUT2D eigenvalue weighted by atomic mass is 10.2. The monoisotopic (exact) mass is 285 g/mol. The molecule has 8 heteroatoms. The summed E-state index contributed by atoms with van der Waals surface area (Å²) >= 11 is 0. The Labute approximate surface area is 118 Å². The van der Waals surface area contributed by atoms with Crippen LogP contribution < -0.4 is 4.74 Å². The summed E-state index contributed by atoms with van der Waals surface area (Å²) in [5.74, 6) is -0.0368. The highest BCUT2D eigenvalue weighted by atomic mass is 16.6. The van der Waals surface area contributed by atoms with Crippen LogP contribution in [-0.2, 0) is 0 Å². The van der Waals surface area contributed by atoms with Crippen molar-refractivity contribution in [3.63, 3.8) is 0 Å². The molecule has 0 saturated carbocycles. The Morgan fingerprint density at radius 2 is 1.71 bits per heavy atom. The number of nitriles is 1. The number of nitrogens with zero attached hydrogens (tertiary/aromatic N) is 3. The molecule has 2 rings (SSSR count). The van der Waals surface area contributed by atoms with Crippen LogP contribution in [0, 0.1) is 31.6 Å². The van der Waals surface area contributed by atoms with Crippen LogP contribution >= 0.6 is 0 Å². The third-order valence-corrected chi connectivity index (χ3v) is 2.58. The first-order chi connectivity index (χ1) is 10.0. The van der Waals surface area contributed by atoms with E-state index < -0.39 is 9.85 Å². The molecule has 8 nitrogen and oxygen atoms in total. The normalized spacial score (nSPS) is 9.67. The third-order valence-electron chi connectivity index (χ3n) is 2.58. The molecule has 0 bridgehead atoms. The molecule has 21 heavy (non-hydrogen) atoms. The molecule has 104 valence electrons. The number of non-ortho nitro benzene ring substituents is 1. The van der Waals surface area contributed by atoms with Crippen molar-refractivity contribution in [2.45, 2.75) is 0 Å². The number of benzene rings is 2. The molecule has 0 aliphatic heterocycles. The molecule has 0 heterocycles. The lowest BCUT2D eigenvalue weighted by molar-refractivity contribution is -0.385. The van der Waals surface area contributed by atoms with Crippen LogP contribution in [0.2, 0.25) is 0 Å². The predicted octanol–water partition coefficient (Wildman–Crippen LogP) is 3.17. The largest absolute Gasteiger partial charge is 0.449 e. The maximum absolute atomic E-state index is 10.9. The first kappa shape index (κ1) is 14.0. The van der Waals surface area contributed by atoms with Crippen molar-refractivity contribution in [2.24, 2.45) is 0 Å². The van der Waals surface area contributed by atoms with Gasteiger partial charge in [0.2, 0.25) is 5.75 Å². The molecular formula is C13H7N3O5. The molecule has 2 aromatic rings. The number of hydrogen-bond donors (Lipinski definition) is 0. The fourth-order valence-corrected chi connectivity index (χ4v) is 1.62. The van der Waals surface area contributed by atoms with Gasteiger partial charge in [-0.2, -0.15) is 5.26 Å². The SMILES string of the molecule is N#Cc1cc([N+](=O)[O-])ccc1Oc1ccccc1[N+](=O)[O-]. The van der Waals surface area contributed by atoms with Crippen molar-refractivity contribution in [3.8, 4) is 17.6 Å². The summed E-state index contributed by atoms with van der Waals surface area (Å²) < 4.78 is 5.34. The average Bonchev–Trinajstić information content (AvgIpc) is 2.47. The quantitative estimate of drug-likeness (QED) is 0.628. The summed E-state index contributed by atoms with van der Waals surface area (Å²) in [6.45, 7) is 0. The minimum atomic E-state index is -0.643. The lowest BCUT2D eigenvalue weighted by Crippen LogP contribution is -1.95. The minimum absolute atomic E-state index is 0.0115. The highest BCUT2D eigenvalue weighted by molar-refractivity contribution is 5.54. The number of nitro benzene ring substituents is 2. The molecule has 0 aliphatic rings. The third kappa shape index (κ3) is 2.93. The van der Waals surface area contributed by atoms with Crippen molar-refractivity contribution >= 4 is 11.4 Å². The van der Waals surface area contributed by atoms with Crippen LogP contribution in [0.1, 0.15) is 5.56 Å². The number of nitro groups is 2. The van der Waals surface area contributed by atoms with Gasteiger partial charge in [-0.15, -0.1) is 0 Å². The molecule has 0 aliphatic carbocycles. The molecule has 0 N–H and O–H groups in total. The van der Waals surface area contributed by atoms with Gasteiger partial charge in [-0.05, 0) is 12.1 Å². The van der Waals surface area contributed by atoms with E-state index in [9.17, 15) is 20.2 Å². The molecule has 0 saturated heterocycles. The smallest absolute Gasteiger partial charge is 0.311 e. The van der Waals surface area contributed by atoms with Gasteiger partial charge in [0, 0.05) is 18.2 Å². The van der Waals surface area contributed by atoms with E-state index in [1.807, 2.05) is 0 Å². The van der Waals surface area contributed by atoms with Crippen LogP contribution in [0.15, 0.2) is 42.5 Å². The summed E-state index contributed by atoms with van der Waals surface area (Å²) in [4.78, 5) is 20.3. The van der Waals surface area contributed by atoms with Crippen LogP contribution in [0.25, 0.3) is 0 Å². The fraction of sp³-hybridized carbons (Fsp3) is 0. The van der Waals surface area contributed by atoms with E-state index >= 15 is 0 Å². The zero-order valence-corrected chi connectivity index (χ0v) is 10.4. The molecule has 0 unspecified atom stereocenters. The number of para-hydroxylation sites is 2. The summed E-state index contributed by atoms with van der Waals surface area (Å²) in [6.07, 6.45) is 0. The maximum atomic E-state index is 10.9. The summed E-state index contributed by atoms with van der Waals surface area (Å²) in [6, 6.07) is 10.8. The Balaban J connectivity index is 2.43. The van der Waals surface area contributed by atoms with Gasteiger partial charge < -0.3 is 4.74 Å². The van der Waals surface area contributed by atoms with Crippen LogP contribution in [0.5, 0.6) is 11.5 Å². The Kier molecular flexibility index (Phi) is 3.76. The number of hydrogen-bond acceptors (Lipinski definition) is 6. The molecule has 2 aromatic carbocycles. The van der Waals surface area contributed by atoms with Gasteiger partial charge >= 0.3 is 5.69 Å². The minimum Gasteiger partial charge on any atom is -0.449 e. The fourth-order valence-electron chi connectivity index (χ4n) is 1.62. The van der Waals surface area contributed by atoms with Crippen LogP contribution in [0.4, 0.5) is 11.4 Å². The van der Waals surface area contributed by atoms with Crippen LogP contribution in [0.3, 0.4) is 0 Å². The van der Waals surface area contributed by atoms with Gasteiger partial charge in [-0.25, -0.2) is 0 Å². The number of rotatable bonds is 4. The highest BCUT2D eigenvalue weighted by Gasteiger charge is 2.17. The predicted molar refractivity (Wildman–Crippen MR) is 71.0 cm³/mol. The van der Waals surface area contributed by atoms with E-state index in [1.54, 1.807) is 12.1 Å². The van der Waals surface area contributed by atoms with Gasteiger partial charge in [0.1, 0.15) is 17.4 Å². The first-order valence-corrected chi connectivity index (χ1v) is 5.62. The van der Waals surface area contributed by atoms with Gasteiger partial charge in [0.05, 0.1) is 9.85 Å². The molecule has 0 radical (unpaired) electrons. The molecule has 0 spiro atoms. The topological polar surface area (TPSA) is 119 Å². The Hall–Kier alpha value is -3.47. The first-order valence-electron chi connectivity index (χ1n) is 5.62. The molecule has 0 aromatic heterocycles. The average molecular weight is 285 g/mol. The number of ether oxygens (including phenoxy) is 1. The second-order valence-corrected chi connectivity index (χ2v) is 3.88. The van der Waals surface area contributed by atoms with Crippen LogP contribution in [-0.4, -0.2) is 9.85 Å². The molecule has 0 atom stereocenters. The van der Waals surface area contributed by atoms with Gasteiger partial charge in [-0.3, -0.25) is 20.2 Å². The van der Waals surface area contributed by atoms with E-state index in [0.29, 0.717) is 0 Å². The second kappa shape index (κ2) is 5.66. The van der Waals surface area contributed by atoms with Crippen molar-refractivity contribution in [2.75, 3.05) is 0 Å². The summed E-state index contributed by atoms with van der Waals surface area (Å²) in [7, 11) is 0. The van der Waals surface area contributed by atoms with Gasteiger partial charge in [0.15, 0.2) is 0 Å². The summed E-state index contributed by atoms with van der Waals surface area (Å²) in [5, 5.41) is 30.5.